The monoisotopic (exact) mass is 433 g/mol. The van der Waals surface area contributed by atoms with Gasteiger partial charge in [0, 0.05) is 47.0 Å². The number of imidazole rings is 1. The second-order valence-electron chi connectivity index (χ2n) is 8.32. The lowest BCUT2D eigenvalue weighted by molar-refractivity contribution is -0.123. The van der Waals surface area contributed by atoms with Crippen molar-refractivity contribution in [3.8, 4) is 0 Å². The summed E-state index contributed by atoms with van der Waals surface area (Å²) in [6.07, 6.45) is 13.1. The minimum Gasteiger partial charge on any atom is -0.351 e. The molecule has 2 aromatic heterocycles. The van der Waals surface area contributed by atoms with Gasteiger partial charge < -0.3 is 14.4 Å². The minimum atomic E-state index is -0.377. The molecule has 0 radical (unpaired) electrons. The van der Waals surface area contributed by atoms with Gasteiger partial charge in [-0.2, -0.15) is 0 Å². The van der Waals surface area contributed by atoms with Crippen LogP contribution in [-0.2, 0) is 17.9 Å². The topological polar surface area (TPSA) is 54.3 Å². The van der Waals surface area contributed by atoms with E-state index in [0.29, 0.717) is 13.1 Å². The molecule has 3 aromatic rings. The van der Waals surface area contributed by atoms with Crippen molar-refractivity contribution < 1.29 is 4.79 Å². The second-order valence-corrected chi connectivity index (χ2v) is 9.30. The number of hydrogen-bond donors (Lipinski definition) is 0. The average Bonchev–Trinajstić information content (AvgIpc) is 3.54. The fourth-order valence-electron chi connectivity index (χ4n) is 4.88. The molecule has 1 atom stereocenters. The van der Waals surface area contributed by atoms with E-state index in [4.69, 9.17) is 0 Å². The minimum absolute atomic E-state index is 0.163. The number of anilines is 1. The summed E-state index contributed by atoms with van der Waals surface area (Å²) in [7, 11) is 0. The zero-order valence-corrected chi connectivity index (χ0v) is 18.4. The molecular weight excluding hydrogens is 406 g/mol. The number of rotatable bonds is 7. The molecule has 160 valence electrons. The summed E-state index contributed by atoms with van der Waals surface area (Å²) < 4.78 is 1.99. The Morgan fingerprint density at radius 2 is 2.03 bits per heavy atom. The molecule has 0 bridgehead atoms. The predicted molar refractivity (Wildman–Crippen MR) is 123 cm³/mol. The number of carbonyl (C=O) groups excluding carboxylic acids is 1. The first kappa shape index (κ1) is 20.0. The van der Waals surface area contributed by atoms with Gasteiger partial charge in [0.15, 0.2) is 0 Å². The summed E-state index contributed by atoms with van der Waals surface area (Å²) in [5, 5.41) is 2.96. The van der Waals surface area contributed by atoms with Crippen LogP contribution in [0.3, 0.4) is 0 Å². The Kier molecular flexibility index (Phi) is 5.59. The van der Waals surface area contributed by atoms with Crippen molar-refractivity contribution in [2.24, 2.45) is 0 Å². The molecule has 1 unspecified atom stereocenters. The Bertz CT molecular complexity index is 1040. The molecular formula is C24H27N5OS. The summed E-state index contributed by atoms with van der Waals surface area (Å²) >= 11 is 1.61. The number of amides is 1. The van der Waals surface area contributed by atoms with Crippen LogP contribution in [0.4, 0.5) is 5.69 Å². The van der Waals surface area contributed by atoms with Crippen molar-refractivity contribution in [1.82, 2.24) is 19.4 Å². The van der Waals surface area contributed by atoms with Gasteiger partial charge in [0.1, 0.15) is 11.0 Å². The van der Waals surface area contributed by atoms with Gasteiger partial charge in [0.25, 0.3) is 5.91 Å². The third kappa shape index (κ3) is 3.90. The largest absolute Gasteiger partial charge is 0.351 e. The van der Waals surface area contributed by atoms with Gasteiger partial charge in [-0.25, -0.2) is 9.97 Å². The molecule has 5 rings (SSSR count). The summed E-state index contributed by atoms with van der Waals surface area (Å²) in [4.78, 5) is 26.8. The van der Waals surface area contributed by atoms with Crippen LogP contribution in [0.25, 0.3) is 0 Å². The molecule has 0 spiro atoms. The van der Waals surface area contributed by atoms with Crippen molar-refractivity contribution >= 4 is 22.9 Å². The molecule has 1 saturated carbocycles. The Morgan fingerprint density at radius 3 is 2.77 bits per heavy atom. The van der Waals surface area contributed by atoms with Crippen LogP contribution >= 0.6 is 11.3 Å². The molecule has 3 heterocycles. The van der Waals surface area contributed by atoms with E-state index in [1.54, 1.807) is 23.9 Å². The lowest BCUT2D eigenvalue weighted by Gasteiger charge is -2.34. The highest BCUT2D eigenvalue weighted by Crippen LogP contribution is 2.44. The first-order valence-corrected chi connectivity index (χ1v) is 11.8. The number of benzene rings is 1. The Balaban J connectivity index is 1.51. The van der Waals surface area contributed by atoms with E-state index in [9.17, 15) is 4.79 Å². The van der Waals surface area contributed by atoms with Gasteiger partial charge in [0.2, 0.25) is 0 Å². The quantitative estimate of drug-likeness (QED) is 0.538. The molecule has 1 aliphatic heterocycles. The van der Waals surface area contributed by atoms with E-state index < -0.39 is 0 Å². The Hall–Kier alpha value is -2.93. The lowest BCUT2D eigenvalue weighted by atomic mass is 9.94. The Labute approximate surface area is 186 Å². The van der Waals surface area contributed by atoms with Crippen molar-refractivity contribution in [2.45, 2.75) is 57.3 Å². The highest BCUT2D eigenvalue weighted by Gasteiger charge is 2.44. The van der Waals surface area contributed by atoms with Gasteiger partial charge in [-0.15, -0.1) is 11.3 Å². The van der Waals surface area contributed by atoms with Crippen molar-refractivity contribution in [3.63, 3.8) is 0 Å². The summed E-state index contributed by atoms with van der Waals surface area (Å²) in [6, 6.07) is 8.18. The van der Waals surface area contributed by atoms with Crippen LogP contribution in [0.5, 0.6) is 0 Å². The molecule has 6 nitrogen and oxygen atoms in total. The second kappa shape index (κ2) is 8.67. The standard InChI is InChI=1S/C24H27N5OS/c1-18(15-27-13-11-25-17-27)28(16-22-26-12-14-31-22)23-20-9-5-6-10-21(20)29(24(23)30)19-7-3-2-4-8-19/h5-6,9-14,17,19,23H,1-4,7-8,15-16H2. The highest BCUT2D eigenvalue weighted by molar-refractivity contribution is 7.09. The molecule has 7 heteroatoms. The highest BCUT2D eigenvalue weighted by atomic mass is 32.1. The van der Waals surface area contributed by atoms with Crippen LogP contribution in [-0.4, -0.2) is 31.4 Å². The average molecular weight is 434 g/mol. The number of aromatic nitrogens is 3. The molecule has 1 amide bonds. The maximum Gasteiger partial charge on any atom is 0.254 e. The molecule has 0 saturated heterocycles. The Morgan fingerprint density at radius 1 is 1.19 bits per heavy atom. The number of thiazole rings is 1. The van der Waals surface area contributed by atoms with Gasteiger partial charge in [0.05, 0.1) is 19.4 Å². The third-order valence-electron chi connectivity index (χ3n) is 6.33. The number of para-hydroxylation sites is 1. The maximum atomic E-state index is 13.9. The number of nitrogens with zero attached hydrogens (tertiary/aromatic N) is 5. The van der Waals surface area contributed by atoms with Gasteiger partial charge in [-0.1, -0.05) is 44.0 Å². The van der Waals surface area contributed by atoms with Gasteiger partial charge in [-0.05, 0) is 18.9 Å². The van der Waals surface area contributed by atoms with Crippen LogP contribution in [0.2, 0.25) is 0 Å². The van der Waals surface area contributed by atoms with Crippen molar-refractivity contribution in [3.05, 3.63) is 77.4 Å². The number of hydrogen-bond acceptors (Lipinski definition) is 5. The van der Waals surface area contributed by atoms with Crippen LogP contribution in [0.15, 0.2) is 66.8 Å². The fourth-order valence-corrected chi connectivity index (χ4v) is 5.50. The zero-order chi connectivity index (χ0) is 21.2. The first-order chi connectivity index (χ1) is 15.2. The number of allylic oxidation sites excluding steroid dienone is 1. The summed E-state index contributed by atoms with van der Waals surface area (Å²) in [5.74, 6) is 0.163. The molecule has 1 fully saturated rings. The van der Waals surface area contributed by atoms with E-state index in [2.05, 4.69) is 38.5 Å². The SMILES string of the molecule is C=C(Cn1ccnc1)N(Cc1nccs1)C1C(=O)N(C2CCCCC2)c2ccccc21. The number of carbonyl (C=O) groups is 1. The van der Waals surface area contributed by atoms with E-state index >= 15 is 0 Å². The predicted octanol–water partition coefficient (Wildman–Crippen LogP) is 4.78. The van der Waals surface area contributed by atoms with E-state index in [0.717, 1.165) is 34.8 Å². The molecule has 2 aliphatic rings. The van der Waals surface area contributed by atoms with E-state index in [1.807, 2.05) is 34.5 Å². The summed E-state index contributed by atoms with van der Waals surface area (Å²) in [6.45, 7) is 5.53. The fraction of sp³-hybridized carbons (Fsp3) is 0.375. The van der Waals surface area contributed by atoms with Crippen LogP contribution in [0, 0.1) is 0 Å². The van der Waals surface area contributed by atoms with Gasteiger partial charge >= 0.3 is 0 Å². The lowest BCUT2D eigenvalue weighted by Crippen LogP contribution is -2.43. The van der Waals surface area contributed by atoms with Crippen molar-refractivity contribution in [2.75, 3.05) is 4.90 Å². The van der Waals surface area contributed by atoms with Gasteiger partial charge in [-0.3, -0.25) is 4.79 Å². The van der Waals surface area contributed by atoms with Crippen LogP contribution in [0.1, 0.15) is 48.7 Å². The summed E-state index contributed by atoms with van der Waals surface area (Å²) in [5.41, 5.74) is 3.01. The normalized spacial score (nSPS) is 18.9. The van der Waals surface area contributed by atoms with Crippen LogP contribution < -0.4 is 4.90 Å². The van der Waals surface area contributed by atoms with E-state index in [1.165, 1.54) is 19.3 Å². The molecule has 31 heavy (non-hydrogen) atoms. The molecule has 1 aromatic carbocycles. The first-order valence-electron chi connectivity index (χ1n) is 10.9. The number of fused-ring (bicyclic) bond motifs is 1. The molecule has 0 N–H and O–H groups in total. The zero-order valence-electron chi connectivity index (χ0n) is 17.6. The molecule has 1 aliphatic carbocycles. The van der Waals surface area contributed by atoms with Crippen molar-refractivity contribution in [1.29, 1.82) is 0 Å². The van der Waals surface area contributed by atoms with E-state index in [-0.39, 0.29) is 18.0 Å². The third-order valence-corrected chi connectivity index (χ3v) is 7.10. The smallest absolute Gasteiger partial charge is 0.254 e. The maximum absolute atomic E-state index is 13.9.